The number of hydrogen-bond acceptors (Lipinski definition) is 2. The normalized spacial score (nSPS) is 26.9. The quantitative estimate of drug-likeness (QED) is 0.889. The number of hydrogen-bond donors (Lipinski definition) is 1. The summed E-state index contributed by atoms with van der Waals surface area (Å²) in [5.74, 6) is -0.481. The maximum absolute atomic E-state index is 13.0. The van der Waals surface area contributed by atoms with Gasteiger partial charge in [-0.3, -0.25) is 4.21 Å². The molecule has 0 amide bonds. The standard InChI is InChI=1S/C11H13ClFNOS/c12-10-6-9(3-4-11(10)13)16(15)8-2-1-7(14)5-8/h3-4,6-8H,1-2,5,14H2. The summed E-state index contributed by atoms with van der Waals surface area (Å²) in [5, 5.41) is 0.102. The molecule has 1 fully saturated rings. The summed E-state index contributed by atoms with van der Waals surface area (Å²) in [6.07, 6.45) is 2.54. The molecule has 0 heterocycles. The second-order valence-electron chi connectivity index (χ2n) is 4.07. The predicted molar refractivity (Wildman–Crippen MR) is 63.4 cm³/mol. The lowest BCUT2D eigenvalue weighted by molar-refractivity contribution is 0.626. The first-order valence-corrected chi connectivity index (χ1v) is 6.78. The average Bonchev–Trinajstić information content (AvgIpc) is 2.68. The Hall–Kier alpha value is -0.450. The maximum Gasteiger partial charge on any atom is 0.141 e. The van der Waals surface area contributed by atoms with Gasteiger partial charge in [-0.15, -0.1) is 0 Å². The van der Waals surface area contributed by atoms with Gasteiger partial charge < -0.3 is 5.73 Å². The van der Waals surface area contributed by atoms with Gasteiger partial charge in [0.15, 0.2) is 0 Å². The minimum atomic E-state index is -1.13. The SMILES string of the molecule is NC1CCC(S(=O)c2ccc(F)c(Cl)c2)C1. The molecule has 1 aromatic carbocycles. The Kier molecular flexibility index (Phi) is 3.62. The monoisotopic (exact) mass is 261 g/mol. The molecule has 0 aromatic heterocycles. The van der Waals surface area contributed by atoms with Crippen molar-refractivity contribution in [2.75, 3.05) is 0 Å². The Bertz CT molecular complexity index is 426. The highest BCUT2D eigenvalue weighted by Gasteiger charge is 2.27. The molecule has 0 spiro atoms. The summed E-state index contributed by atoms with van der Waals surface area (Å²) >= 11 is 5.66. The lowest BCUT2D eigenvalue weighted by Crippen LogP contribution is -2.18. The van der Waals surface area contributed by atoms with E-state index >= 15 is 0 Å². The lowest BCUT2D eigenvalue weighted by Gasteiger charge is -2.10. The molecule has 0 radical (unpaired) electrons. The highest BCUT2D eigenvalue weighted by molar-refractivity contribution is 7.85. The highest BCUT2D eigenvalue weighted by atomic mass is 35.5. The van der Waals surface area contributed by atoms with E-state index in [1.54, 1.807) is 0 Å². The van der Waals surface area contributed by atoms with Crippen molar-refractivity contribution in [2.24, 2.45) is 5.73 Å². The Balaban J connectivity index is 2.18. The van der Waals surface area contributed by atoms with Crippen LogP contribution >= 0.6 is 11.6 Å². The Morgan fingerprint density at radius 3 is 2.75 bits per heavy atom. The molecule has 3 atom stereocenters. The molecule has 0 aliphatic heterocycles. The van der Waals surface area contributed by atoms with E-state index in [1.807, 2.05) is 0 Å². The fraction of sp³-hybridized carbons (Fsp3) is 0.455. The van der Waals surface area contributed by atoms with Crippen molar-refractivity contribution < 1.29 is 8.60 Å². The van der Waals surface area contributed by atoms with E-state index in [-0.39, 0.29) is 16.3 Å². The van der Waals surface area contributed by atoms with Crippen LogP contribution in [-0.4, -0.2) is 15.5 Å². The van der Waals surface area contributed by atoms with Gasteiger partial charge in [-0.25, -0.2) is 4.39 Å². The predicted octanol–water partition coefficient (Wildman–Crippen LogP) is 2.47. The molecular formula is C11H13ClFNOS. The Labute approximate surface area is 101 Å². The van der Waals surface area contributed by atoms with E-state index in [1.165, 1.54) is 18.2 Å². The molecule has 5 heteroatoms. The minimum Gasteiger partial charge on any atom is -0.328 e. The molecule has 0 saturated heterocycles. The maximum atomic E-state index is 13.0. The molecule has 88 valence electrons. The van der Waals surface area contributed by atoms with Crippen molar-refractivity contribution in [1.29, 1.82) is 0 Å². The molecule has 2 rings (SSSR count). The van der Waals surface area contributed by atoms with Gasteiger partial charge in [0.1, 0.15) is 5.82 Å². The van der Waals surface area contributed by atoms with Crippen LogP contribution in [0.2, 0.25) is 5.02 Å². The first-order chi connectivity index (χ1) is 7.58. The second-order valence-corrected chi connectivity index (χ2v) is 6.21. The van der Waals surface area contributed by atoms with E-state index < -0.39 is 16.6 Å². The molecule has 1 aliphatic carbocycles. The van der Waals surface area contributed by atoms with E-state index in [4.69, 9.17) is 17.3 Å². The minimum absolute atomic E-state index is 0.0214. The van der Waals surface area contributed by atoms with E-state index in [0.717, 1.165) is 19.3 Å². The van der Waals surface area contributed by atoms with E-state index in [9.17, 15) is 8.60 Å². The molecule has 1 saturated carbocycles. The van der Waals surface area contributed by atoms with E-state index in [2.05, 4.69) is 0 Å². The van der Waals surface area contributed by atoms with Crippen LogP contribution in [0.5, 0.6) is 0 Å². The van der Waals surface area contributed by atoms with Crippen molar-refractivity contribution in [2.45, 2.75) is 35.4 Å². The van der Waals surface area contributed by atoms with Crippen LogP contribution in [-0.2, 0) is 10.8 Å². The van der Waals surface area contributed by atoms with Crippen molar-refractivity contribution in [1.82, 2.24) is 0 Å². The van der Waals surface area contributed by atoms with Gasteiger partial charge in [-0.1, -0.05) is 11.6 Å². The fourth-order valence-electron chi connectivity index (χ4n) is 1.96. The zero-order chi connectivity index (χ0) is 11.7. The molecule has 3 unspecified atom stereocenters. The Morgan fingerprint density at radius 1 is 1.44 bits per heavy atom. The van der Waals surface area contributed by atoms with Crippen LogP contribution in [0, 0.1) is 5.82 Å². The lowest BCUT2D eigenvalue weighted by atomic mass is 10.3. The zero-order valence-corrected chi connectivity index (χ0v) is 10.2. The highest BCUT2D eigenvalue weighted by Crippen LogP contribution is 2.28. The topological polar surface area (TPSA) is 43.1 Å². The molecule has 2 N–H and O–H groups in total. The third-order valence-corrected chi connectivity index (χ3v) is 4.89. The van der Waals surface area contributed by atoms with Gasteiger partial charge in [-0.05, 0) is 37.5 Å². The Morgan fingerprint density at radius 2 is 2.19 bits per heavy atom. The second kappa shape index (κ2) is 4.82. The summed E-state index contributed by atoms with van der Waals surface area (Å²) in [4.78, 5) is 0.588. The first kappa shape index (κ1) is 12.0. The van der Waals surface area contributed by atoms with Crippen LogP contribution in [0.15, 0.2) is 23.1 Å². The van der Waals surface area contributed by atoms with Gasteiger partial charge in [0.25, 0.3) is 0 Å². The summed E-state index contributed by atoms with van der Waals surface area (Å²) in [5.41, 5.74) is 5.77. The summed E-state index contributed by atoms with van der Waals surface area (Å²) < 4.78 is 25.1. The van der Waals surface area contributed by atoms with Gasteiger partial charge in [0.05, 0.1) is 15.8 Å². The summed E-state index contributed by atoms with van der Waals surface area (Å²) in [7, 11) is -1.13. The van der Waals surface area contributed by atoms with Crippen LogP contribution in [0.25, 0.3) is 0 Å². The zero-order valence-electron chi connectivity index (χ0n) is 8.66. The summed E-state index contributed by atoms with van der Waals surface area (Å²) in [6, 6.07) is 4.37. The van der Waals surface area contributed by atoms with Gasteiger partial charge in [0.2, 0.25) is 0 Å². The largest absolute Gasteiger partial charge is 0.328 e. The van der Waals surface area contributed by atoms with Crippen LogP contribution < -0.4 is 5.73 Å². The molecule has 16 heavy (non-hydrogen) atoms. The third kappa shape index (κ3) is 2.44. The summed E-state index contributed by atoms with van der Waals surface area (Å²) in [6.45, 7) is 0. The van der Waals surface area contributed by atoms with Crippen LogP contribution in [0.3, 0.4) is 0 Å². The first-order valence-electron chi connectivity index (χ1n) is 5.19. The van der Waals surface area contributed by atoms with Gasteiger partial charge in [0, 0.05) is 16.2 Å². The smallest absolute Gasteiger partial charge is 0.141 e. The van der Waals surface area contributed by atoms with Crippen molar-refractivity contribution in [3.63, 3.8) is 0 Å². The molecule has 0 bridgehead atoms. The van der Waals surface area contributed by atoms with Crippen LogP contribution in [0.4, 0.5) is 4.39 Å². The van der Waals surface area contributed by atoms with Crippen molar-refractivity contribution in [3.8, 4) is 0 Å². The molecule has 1 aliphatic rings. The van der Waals surface area contributed by atoms with Crippen LogP contribution in [0.1, 0.15) is 19.3 Å². The number of halogens is 2. The van der Waals surface area contributed by atoms with Gasteiger partial charge >= 0.3 is 0 Å². The number of benzene rings is 1. The third-order valence-electron chi connectivity index (χ3n) is 2.85. The van der Waals surface area contributed by atoms with Crippen molar-refractivity contribution >= 4 is 22.4 Å². The number of nitrogens with two attached hydrogens (primary N) is 1. The number of rotatable bonds is 2. The van der Waals surface area contributed by atoms with E-state index in [0.29, 0.717) is 4.90 Å². The molecule has 1 aromatic rings. The average molecular weight is 262 g/mol. The molecule has 2 nitrogen and oxygen atoms in total. The fourth-order valence-corrected chi connectivity index (χ4v) is 3.80. The van der Waals surface area contributed by atoms with Crippen molar-refractivity contribution in [3.05, 3.63) is 29.0 Å². The molecular weight excluding hydrogens is 249 g/mol. The van der Waals surface area contributed by atoms with Gasteiger partial charge in [-0.2, -0.15) is 0 Å².